The van der Waals surface area contributed by atoms with E-state index in [0.717, 1.165) is 12.0 Å². The third-order valence-corrected chi connectivity index (χ3v) is 4.67. The van der Waals surface area contributed by atoms with Crippen LogP contribution in [0.5, 0.6) is 0 Å². The quantitative estimate of drug-likeness (QED) is 0.908. The molecule has 3 nitrogen and oxygen atoms in total. The first-order valence-electron chi connectivity index (χ1n) is 8.39. The van der Waals surface area contributed by atoms with Gasteiger partial charge in [-0.2, -0.15) is 0 Å². The number of aryl methyl sites for hydroxylation is 2. The smallest absolute Gasteiger partial charge is 0.251 e. The number of carbonyl (C=O) groups excluding carboxylic acids is 1. The van der Waals surface area contributed by atoms with Crippen LogP contribution in [-0.2, 0) is 19.4 Å². The van der Waals surface area contributed by atoms with Gasteiger partial charge in [-0.25, -0.2) is 0 Å². The summed E-state index contributed by atoms with van der Waals surface area (Å²) >= 11 is 0. The molecule has 2 aromatic rings. The zero-order valence-corrected chi connectivity index (χ0v) is 13.6. The molecular weight excluding hydrogens is 284 g/mol. The van der Waals surface area contributed by atoms with E-state index in [9.17, 15) is 4.79 Å². The van der Waals surface area contributed by atoms with Crippen LogP contribution in [0.1, 0.15) is 58.4 Å². The topological polar surface area (TPSA) is 55.1 Å². The lowest BCUT2D eigenvalue weighted by Crippen LogP contribution is -2.26. The molecule has 1 aliphatic carbocycles. The SMILES string of the molecule is CC(NC(=O)c1ccc(CN)cc1)c1ccc2c(c1)CCCC2. The molecule has 1 atom stereocenters. The lowest BCUT2D eigenvalue weighted by atomic mass is 9.89. The maximum Gasteiger partial charge on any atom is 0.251 e. The van der Waals surface area contributed by atoms with Crippen LogP contribution in [0.15, 0.2) is 42.5 Å². The predicted molar refractivity (Wildman–Crippen MR) is 93.3 cm³/mol. The molecule has 2 aromatic carbocycles. The summed E-state index contributed by atoms with van der Waals surface area (Å²) in [6.07, 6.45) is 4.90. The second-order valence-electron chi connectivity index (χ2n) is 6.33. The van der Waals surface area contributed by atoms with Gasteiger partial charge in [-0.1, -0.05) is 30.3 Å². The van der Waals surface area contributed by atoms with Gasteiger partial charge in [-0.15, -0.1) is 0 Å². The number of nitrogens with two attached hydrogens (primary N) is 1. The van der Waals surface area contributed by atoms with Crippen LogP contribution < -0.4 is 11.1 Å². The van der Waals surface area contributed by atoms with Gasteiger partial charge < -0.3 is 11.1 Å². The van der Waals surface area contributed by atoms with Crippen molar-refractivity contribution < 1.29 is 4.79 Å². The molecule has 0 spiro atoms. The molecule has 1 unspecified atom stereocenters. The second kappa shape index (κ2) is 6.97. The van der Waals surface area contributed by atoms with Crippen molar-refractivity contribution in [1.82, 2.24) is 5.32 Å². The van der Waals surface area contributed by atoms with E-state index in [1.54, 1.807) is 0 Å². The maximum absolute atomic E-state index is 12.4. The normalized spacial score (nSPS) is 14.9. The number of hydrogen-bond acceptors (Lipinski definition) is 2. The number of amides is 1. The highest BCUT2D eigenvalue weighted by atomic mass is 16.1. The minimum Gasteiger partial charge on any atom is -0.346 e. The van der Waals surface area contributed by atoms with E-state index in [4.69, 9.17) is 5.73 Å². The Morgan fingerprint density at radius 2 is 1.78 bits per heavy atom. The average molecular weight is 308 g/mol. The van der Waals surface area contributed by atoms with E-state index in [2.05, 4.69) is 23.5 Å². The largest absolute Gasteiger partial charge is 0.346 e. The highest BCUT2D eigenvalue weighted by Crippen LogP contribution is 2.25. The fraction of sp³-hybridized carbons (Fsp3) is 0.350. The summed E-state index contributed by atoms with van der Waals surface area (Å²) in [6.45, 7) is 2.53. The number of nitrogens with one attached hydrogen (secondary N) is 1. The zero-order valence-electron chi connectivity index (χ0n) is 13.6. The lowest BCUT2D eigenvalue weighted by molar-refractivity contribution is 0.0940. The molecule has 0 radical (unpaired) electrons. The number of hydrogen-bond donors (Lipinski definition) is 2. The first-order chi connectivity index (χ1) is 11.2. The molecule has 0 bridgehead atoms. The Labute approximate surface area is 137 Å². The van der Waals surface area contributed by atoms with Crippen LogP contribution in [-0.4, -0.2) is 5.91 Å². The van der Waals surface area contributed by atoms with E-state index < -0.39 is 0 Å². The molecule has 23 heavy (non-hydrogen) atoms. The average Bonchev–Trinajstić information content (AvgIpc) is 2.61. The number of benzene rings is 2. The summed E-state index contributed by atoms with van der Waals surface area (Å²) < 4.78 is 0. The van der Waals surface area contributed by atoms with Gasteiger partial charge in [0.05, 0.1) is 6.04 Å². The Kier molecular flexibility index (Phi) is 4.77. The van der Waals surface area contributed by atoms with Gasteiger partial charge >= 0.3 is 0 Å². The summed E-state index contributed by atoms with van der Waals surface area (Å²) in [4.78, 5) is 12.4. The summed E-state index contributed by atoms with van der Waals surface area (Å²) in [7, 11) is 0. The standard InChI is InChI=1S/C20H24N2O/c1-14(18-11-10-16-4-2-3-5-19(16)12-18)22-20(23)17-8-6-15(13-21)7-9-17/h6-12,14H,2-5,13,21H2,1H3,(H,22,23). The van der Waals surface area contributed by atoms with Crippen LogP contribution in [0.2, 0.25) is 0 Å². The molecule has 0 aromatic heterocycles. The number of rotatable bonds is 4. The number of fused-ring (bicyclic) bond motifs is 1. The zero-order chi connectivity index (χ0) is 16.2. The van der Waals surface area contributed by atoms with Crippen molar-refractivity contribution in [3.05, 3.63) is 70.3 Å². The third-order valence-electron chi connectivity index (χ3n) is 4.67. The number of carbonyl (C=O) groups is 1. The van der Waals surface area contributed by atoms with Crippen LogP contribution in [0.3, 0.4) is 0 Å². The van der Waals surface area contributed by atoms with Crippen LogP contribution in [0.25, 0.3) is 0 Å². The fourth-order valence-electron chi connectivity index (χ4n) is 3.18. The van der Waals surface area contributed by atoms with E-state index in [1.807, 2.05) is 31.2 Å². The molecule has 0 heterocycles. The first-order valence-corrected chi connectivity index (χ1v) is 8.39. The Morgan fingerprint density at radius 3 is 2.48 bits per heavy atom. The predicted octanol–water partition coefficient (Wildman–Crippen LogP) is 3.52. The summed E-state index contributed by atoms with van der Waals surface area (Å²) in [5.41, 5.74) is 11.4. The molecule has 3 rings (SSSR count). The fourth-order valence-corrected chi connectivity index (χ4v) is 3.18. The van der Waals surface area contributed by atoms with Gasteiger partial charge in [-0.3, -0.25) is 4.79 Å². The molecule has 0 fully saturated rings. The highest BCUT2D eigenvalue weighted by molar-refractivity contribution is 5.94. The second-order valence-corrected chi connectivity index (χ2v) is 6.33. The summed E-state index contributed by atoms with van der Waals surface area (Å²) in [5.74, 6) is -0.0428. The van der Waals surface area contributed by atoms with E-state index >= 15 is 0 Å². The van der Waals surface area contributed by atoms with Crippen molar-refractivity contribution in [3.8, 4) is 0 Å². The molecule has 1 aliphatic rings. The lowest BCUT2D eigenvalue weighted by Gasteiger charge is -2.20. The van der Waals surface area contributed by atoms with Crippen LogP contribution in [0, 0.1) is 0 Å². The molecule has 1 amide bonds. The highest BCUT2D eigenvalue weighted by Gasteiger charge is 2.14. The maximum atomic E-state index is 12.4. The van der Waals surface area contributed by atoms with Crippen molar-refractivity contribution >= 4 is 5.91 Å². The Morgan fingerprint density at radius 1 is 1.09 bits per heavy atom. The molecular formula is C20H24N2O. The van der Waals surface area contributed by atoms with Gasteiger partial charge in [0, 0.05) is 12.1 Å². The molecule has 0 saturated heterocycles. The van der Waals surface area contributed by atoms with Crippen molar-refractivity contribution in [2.24, 2.45) is 5.73 Å². The van der Waals surface area contributed by atoms with E-state index in [0.29, 0.717) is 12.1 Å². The summed E-state index contributed by atoms with van der Waals surface area (Å²) in [6, 6.07) is 14.1. The minimum absolute atomic E-state index is 0.00362. The Balaban J connectivity index is 1.70. The van der Waals surface area contributed by atoms with E-state index in [1.165, 1.54) is 36.0 Å². The van der Waals surface area contributed by atoms with Gasteiger partial charge in [0.25, 0.3) is 5.91 Å². The van der Waals surface area contributed by atoms with Crippen molar-refractivity contribution in [2.45, 2.75) is 45.2 Å². The van der Waals surface area contributed by atoms with Gasteiger partial charge in [0.1, 0.15) is 0 Å². The first kappa shape index (κ1) is 15.8. The van der Waals surface area contributed by atoms with Crippen LogP contribution in [0.4, 0.5) is 0 Å². The molecule has 3 heteroatoms. The minimum atomic E-state index is -0.0428. The monoisotopic (exact) mass is 308 g/mol. The Hall–Kier alpha value is -2.13. The summed E-state index contributed by atoms with van der Waals surface area (Å²) in [5, 5.41) is 3.09. The van der Waals surface area contributed by atoms with Crippen molar-refractivity contribution in [1.29, 1.82) is 0 Å². The third kappa shape index (κ3) is 3.62. The van der Waals surface area contributed by atoms with Gasteiger partial charge in [-0.05, 0) is 67.0 Å². The van der Waals surface area contributed by atoms with Crippen molar-refractivity contribution in [2.75, 3.05) is 0 Å². The van der Waals surface area contributed by atoms with Gasteiger partial charge in [0.2, 0.25) is 0 Å². The van der Waals surface area contributed by atoms with E-state index in [-0.39, 0.29) is 11.9 Å². The molecule has 3 N–H and O–H groups in total. The van der Waals surface area contributed by atoms with Crippen LogP contribution >= 0.6 is 0 Å². The van der Waals surface area contributed by atoms with Crippen molar-refractivity contribution in [3.63, 3.8) is 0 Å². The Bertz CT molecular complexity index is 691. The van der Waals surface area contributed by atoms with Gasteiger partial charge in [0.15, 0.2) is 0 Å². The molecule has 0 saturated carbocycles. The molecule has 120 valence electrons. The molecule has 0 aliphatic heterocycles.